The third kappa shape index (κ3) is 3.23. The molecule has 0 saturated heterocycles. The molecule has 104 valence electrons. The molecule has 0 aliphatic carbocycles. The zero-order chi connectivity index (χ0) is 14.4. The quantitative estimate of drug-likeness (QED) is 0.869. The summed E-state index contributed by atoms with van der Waals surface area (Å²) in [6, 6.07) is 8.35. The summed E-state index contributed by atoms with van der Waals surface area (Å²) in [6.45, 7) is 0.704. The van der Waals surface area contributed by atoms with Crippen LogP contribution < -0.4 is 15.6 Å². The molecule has 1 aromatic carbocycles. The molecule has 0 unspecified atom stereocenters. The molecule has 0 saturated carbocycles. The van der Waals surface area contributed by atoms with Crippen molar-refractivity contribution in [1.29, 1.82) is 0 Å². The van der Waals surface area contributed by atoms with Gasteiger partial charge < -0.3 is 10.1 Å². The van der Waals surface area contributed by atoms with Crippen LogP contribution in [0.3, 0.4) is 0 Å². The van der Waals surface area contributed by atoms with Crippen LogP contribution in [0.5, 0.6) is 5.75 Å². The molecule has 0 radical (unpaired) electrons. The lowest BCUT2D eigenvalue weighted by Crippen LogP contribution is -2.30. The first kappa shape index (κ1) is 13.8. The number of methoxy groups -OCH3 is 1. The monoisotopic (exact) mass is 273 g/mol. The third-order valence-corrected chi connectivity index (χ3v) is 2.78. The van der Waals surface area contributed by atoms with Crippen LogP contribution in [-0.2, 0) is 6.54 Å². The second-order valence-electron chi connectivity index (χ2n) is 4.07. The molecule has 0 bridgehead atoms. The summed E-state index contributed by atoms with van der Waals surface area (Å²) in [5.41, 5.74) is 0.320. The third-order valence-electron chi connectivity index (χ3n) is 2.78. The molecule has 0 aliphatic rings. The number of carbonyl (C=O) groups is 1. The van der Waals surface area contributed by atoms with Gasteiger partial charge in [0.05, 0.1) is 19.0 Å². The van der Waals surface area contributed by atoms with Crippen molar-refractivity contribution in [2.45, 2.75) is 6.54 Å². The van der Waals surface area contributed by atoms with E-state index < -0.39 is 0 Å². The Labute approximate surface area is 116 Å². The number of hydrogen-bond acceptors (Lipinski definition) is 4. The Balaban J connectivity index is 1.96. The van der Waals surface area contributed by atoms with Crippen molar-refractivity contribution >= 4 is 5.91 Å². The van der Waals surface area contributed by atoms with Crippen LogP contribution in [0.15, 0.2) is 47.7 Å². The molecule has 0 aliphatic heterocycles. The maximum atomic E-state index is 12.0. The molecule has 1 N–H and O–H groups in total. The maximum absolute atomic E-state index is 12.0. The van der Waals surface area contributed by atoms with Crippen molar-refractivity contribution in [2.75, 3.05) is 13.7 Å². The van der Waals surface area contributed by atoms with Gasteiger partial charge in [0.2, 0.25) is 0 Å². The van der Waals surface area contributed by atoms with Crippen LogP contribution in [0.1, 0.15) is 10.4 Å². The van der Waals surface area contributed by atoms with Crippen molar-refractivity contribution in [3.63, 3.8) is 0 Å². The Kier molecular flexibility index (Phi) is 4.49. The lowest BCUT2D eigenvalue weighted by atomic mass is 10.2. The number of carbonyl (C=O) groups excluding carboxylic acids is 1. The molecule has 6 nitrogen and oxygen atoms in total. The SMILES string of the molecule is COc1ccccc1C(=O)NCCn1cnccc1=O. The highest BCUT2D eigenvalue weighted by molar-refractivity contribution is 5.96. The van der Waals surface area contributed by atoms with E-state index in [2.05, 4.69) is 10.3 Å². The van der Waals surface area contributed by atoms with Crippen molar-refractivity contribution in [3.8, 4) is 5.75 Å². The van der Waals surface area contributed by atoms with Gasteiger partial charge in [-0.25, -0.2) is 4.98 Å². The molecule has 1 heterocycles. The number of para-hydroxylation sites is 1. The zero-order valence-electron chi connectivity index (χ0n) is 11.1. The van der Waals surface area contributed by atoms with E-state index >= 15 is 0 Å². The molecular weight excluding hydrogens is 258 g/mol. The van der Waals surface area contributed by atoms with E-state index in [1.807, 2.05) is 0 Å². The maximum Gasteiger partial charge on any atom is 0.255 e. The van der Waals surface area contributed by atoms with Gasteiger partial charge in [0, 0.05) is 25.4 Å². The smallest absolute Gasteiger partial charge is 0.255 e. The van der Waals surface area contributed by atoms with E-state index in [0.717, 1.165) is 0 Å². The number of rotatable bonds is 5. The lowest BCUT2D eigenvalue weighted by Gasteiger charge is -2.09. The summed E-state index contributed by atoms with van der Waals surface area (Å²) in [4.78, 5) is 27.3. The highest BCUT2D eigenvalue weighted by Crippen LogP contribution is 2.16. The number of nitrogens with zero attached hydrogens (tertiary/aromatic N) is 2. The average molecular weight is 273 g/mol. The topological polar surface area (TPSA) is 73.2 Å². The van der Waals surface area contributed by atoms with E-state index in [0.29, 0.717) is 24.4 Å². The second kappa shape index (κ2) is 6.51. The molecule has 0 fully saturated rings. The minimum atomic E-state index is -0.237. The molecular formula is C14H15N3O3. The minimum Gasteiger partial charge on any atom is -0.496 e. The Morgan fingerprint density at radius 2 is 2.15 bits per heavy atom. The number of hydrogen-bond donors (Lipinski definition) is 1. The van der Waals surface area contributed by atoms with Gasteiger partial charge in [-0.15, -0.1) is 0 Å². The van der Waals surface area contributed by atoms with Gasteiger partial charge in [0.1, 0.15) is 5.75 Å². The highest BCUT2D eigenvalue weighted by atomic mass is 16.5. The van der Waals surface area contributed by atoms with E-state index in [9.17, 15) is 9.59 Å². The van der Waals surface area contributed by atoms with Gasteiger partial charge in [-0.1, -0.05) is 12.1 Å². The van der Waals surface area contributed by atoms with Crippen molar-refractivity contribution in [3.05, 3.63) is 58.8 Å². The molecule has 0 atom stereocenters. The number of nitrogens with one attached hydrogen (secondary N) is 1. The molecule has 1 aromatic heterocycles. The molecule has 20 heavy (non-hydrogen) atoms. The summed E-state index contributed by atoms with van der Waals surface area (Å²) in [6.07, 6.45) is 2.88. The first-order valence-corrected chi connectivity index (χ1v) is 6.14. The number of benzene rings is 1. The van der Waals surface area contributed by atoms with Crippen molar-refractivity contribution in [1.82, 2.24) is 14.9 Å². The normalized spacial score (nSPS) is 10.1. The second-order valence-corrected chi connectivity index (χ2v) is 4.07. The number of aromatic nitrogens is 2. The summed E-state index contributed by atoms with van der Waals surface area (Å²) in [7, 11) is 1.52. The average Bonchev–Trinajstić information content (AvgIpc) is 2.49. The first-order valence-electron chi connectivity index (χ1n) is 6.14. The van der Waals surface area contributed by atoms with E-state index in [4.69, 9.17) is 4.74 Å². The van der Waals surface area contributed by atoms with Crippen molar-refractivity contribution < 1.29 is 9.53 Å². The standard InChI is InChI=1S/C14H15N3O3/c1-20-12-5-3-2-4-11(12)14(19)16-8-9-17-10-15-7-6-13(17)18/h2-7,10H,8-9H2,1H3,(H,16,19). The van der Waals surface area contributed by atoms with Gasteiger partial charge in [-0.3, -0.25) is 14.2 Å². The fourth-order valence-corrected chi connectivity index (χ4v) is 1.76. The fourth-order valence-electron chi connectivity index (χ4n) is 1.76. The summed E-state index contributed by atoms with van der Waals surface area (Å²) < 4.78 is 6.56. The Bertz CT molecular complexity index is 652. The summed E-state index contributed by atoms with van der Waals surface area (Å²) in [5, 5.41) is 2.74. The number of amides is 1. The summed E-state index contributed by atoms with van der Waals surface area (Å²) in [5.74, 6) is 0.280. The van der Waals surface area contributed by atoms with E-state index in [1.54, 1.807) is 24.3 Å². The van der Waals surface area contributed by atoms with Gasteiger partial charge >= 0.3 is 0 Å². The van der Waals surface area contributed by atoms with Gasteiger partial charge in [0.15, 0.2) is 0 Å². The molecule has 2 rings (SSSR count). The van der Waals surface area contributed by atoms with Crippen LogP contribution in [-0.4, -0.2) is 29.1 Å². The van der Waals surface area contributed by atoms with Crippen LogP contribution in [0.4, 0.5) is 0 Å². The van der Waals surface area contributed by atoms with Gasteiger partial charge in [-0.05, 0) is 12.1 Å². The molecule has 6 heteroatoms. The first-order chi connectivity index (χ1) is 9.72. The largest absolute Gasteiger partial charge is 0.496 e. The minimum absolute atomic E-state index is 0.147. The van der Waals surface area contributed by atoms with Crippen LogP contribution in [0.25, 0.3) is 0 Å². The van der Waals surface area contributed by atoms with E-state index in [-0.39, 0.29) is 11.5 Å². The van der Waals surface area contributed by atoms with Crippen LogP contribution >= 0.6 is 0 Å². The van der Waals surface area contributed by atoms with Crippen LogP contribution in [0.2, 0.25) is 0 Å². The summed E-state index contributed by atoms with van der Waals surface area (Å²) >= 11 is 0. The molecule has 0 spiro atoms. The highest BCUT2D eigenvalue weighted by Gasteiger charge is 2.10. The van der Waals surface area contributed by atoms with Gasteiger partial charge in [-0.2, -0.15) is 0 Å². The Morgan fingerprint density at radius 3 is 2.90 bits per heavy atom. The predicted octanol–water partition coefficient (Wildman–Crippen LogP) is 0.682. The zero-order valence-corrected chi connectivity index (χ0v) is 11.1. The van der Waals surface area contributed by atoms with Gasteiger partial charge in [0.25, 0.3) is 11.5 Å². The van der Waals surface area contributed by atoms with E-state index in [1.165, 1.54) is 30.3 Å². The predicted molar refractivity (Wildman–Crippen MR) is 73.8 cm³/mol. The van der Waals surface area contributed by atoms with Crippen molar-refractivity contribution in [2.24, 2.45) is 0 Å². The Hall–Kier alpha value is -2.63. The molecule has 2 aromatic rings. The Morgan fingerprint density at radius 1 is 1.35 bits per heavy atom. The molecule has 1 amide bonds. The lowest BCUT2D eigenvalue weighted by molar-refractivity contribution is 0.0949. The fraction of sp³-hybridized carbons (Fsp3) is 0.214. The number of ether oxygens (including phenoxy) is 1. The van der Waals surface area contributed by atoms with Crippen LogP contribution in [0, 0.1) is 0 Å².